The van der Waals surface area contributed by atoms with Gasteiger partial charge in [-0.05, 0) is 24.3 Å². The van der Waals surface area contributed by atoms with Gasteiger partial charge in [0.1, 0.15) is 0 Å². The minimum absolute atomic E-state index is 0.0299. The lowest BCUT2D eigenvalue weighted by Crippen LogP contribution is -2.13. The molecule has 0 aliphatic carbocycles. The van der Waals surface area contributed by atoms with Gasteiger partial charge in [-0.15, -0.1) is 5.11 Å². The molecule has 0 radical (unpaired) electrons. The third-order valence-corrected chi connectivity index (χ3v) is 2.42. The van der Waals surface area contributed by atoms with Gasteiger partial charge in [0.05, 0.1) is 17.9 Å². The molecule has 90 valence electrons. The van der Waals surface area contributed by atoms with Crippen LogP contribution in [-0.2, 0) is 0 Å². The van der Waals surface area contributed by atoms with Crippen LogP contribution in [0.5, 0.6) is 0 Å². The number of azo groups is 1. The largest absolute Gasteiger partial charge is 0.324 e. The van der Waals surface area contributed by atoms with Crippen molar-refractivity contribution in [1.29, 1.82) is 0 Å². The van der Waals surface area contributed by atoms with Gasteiger partial charge in [-0.3, -0.25) is 4.79 Å². The third kappa shape index (κ3) is 2.87. The highest BCUT2D eigenvalue weighted by atomic mass is 16.1. The van der Waals surface area contributed by atoms with Crippen LogP contribution in [0, 0.1) is 0 Å². The number of ketones is 1. The fourth-order valence-electron chi connectivity index (χ4n) is 1.51. The summed E-state index contributed by atoms with van der Waals surface area (Å²) in [7, 11) is 0. The lowest BCUT2D eigenvalue weighted by atomic mass is 10.1. The molecule has 2 aromatic carbocycles. The van der Waals surface area contributed by atoms with E-state index in [2.05, 4.69) is 10.2 Å². The molecule has 0 unspecified atom stereocenters. The summed E-state index contributed by atoms with van der Waals surface area (Å²) >= 11 is 0. The number of hydrogen-bond donors (Lipinski definition) is 1. The molecule has 0 heterocycles. The number of nitrogens with two attached hydrogens (primary N) is 1. The molecule has 2 N–H and O–H groups in total. The zero-order chi connectivity index (χ0) is 12.8. The second-order valence-electron chi connectivity index (χ2n) is 3.68. The maximum absolute atomic E-state index is 11.6. The van der Waals surface area contributed by atoms with Crippen molar-refractivity contribution >= 4 is 17.2 Å². The fourth-order valence-corrected chi connectivity index (χ4v) is 1.51. The Hall–Kier alpha value is -2.33. The van der Waals surface area contributed by atoms with Crippen LogP contribution in [0.4, 0.5) is 11.4 Å². The first-order valence-corrected chi connectivity index (χ1v) is 5.60. The van der Waals surface area contributed by atoms with Gasteiger partial charge < -0.3 is 5.73 Å². The summed E-state index contributed by atoms with van der Waals surface area (Å²) in [6.45, 7) is -0.0299. The molecule has 0 saturated carbocycles. The van der Waals surface area contributed by atoms with Crippen LogP contribution >= 0.6 is 0 Å². The Morgan fingerprint density at radius 3 is 2.33 bits per heavy atom. The molecule has 0 spiro atoms. The van der Waals surface area contributed by atoms with Crippen molar-refractivity contribution in [2.24, 2.45) is 16.0 Å². The Morgan fingerprint density at radius 2 is 1.61 bits per heavy atom. The smallest absolute Gasteiger partial charge is 0.178 e. The van der Waals surface area contributed by atoms with Crippen molar-refractivity contribution in [1.82, 2.24) is 0 Å². The van der Waals surface area contributed by atoms with E-state index in [1.54, 1.807) is 18.2 Å². The highest BCUT2D eigenvalue weighted by molar-refractivity contribution is 6.01. The molecule has 0 bridgehead atoms. The maximum atomic E-state index is 11.6. The van der Waals surface area contributed by atoms with Gasteiger partial charge in [0.25, 0.3) is 0 Å². The summed E-state index contributed by atoms with van der Waals surface area (Å²) in [4.78, 5) is 11.6. The van der Waals surface area contributed by atoms with E-state index in [0.717, 1.165) is 5.69 Å². The van der Waals surface area contributed by atoms with E-state index in [1.165, 1.54) is 0 Å². The molecule has 0 saturated heterocycles. The molecular weight excluding hydrogens is 226 g/mol. The second-order valence-corrected chi connectivity index (χ2v) is 3.68. The van der Waals surface area contributed by atoms with E-state index in [9.17, 15) is 4.79 Å². The van der Waals surface area contributed by atoms with Crippen molar-refractivity contribution in [2.75, 3.05) is 6.54 Å². The number of rotatable bonds is 4. The molecule has 0 aromatic heterocycles. The van der Waals surface area contributed by atoms with Crippen LogP contribution in [0.1, 0.15) is 10.4 Å². The van der Waals surface area contributed by atoms with Crippen molar-refractivity contribution < 1.29 is 4.79 Å². The Bertz CT molecular complexity index is 564. The first-order chi connectivity index (χ1) is 8.81. The fraction of sp³-hybridized carbons (Fsp3) is 0.0714. The van der Waals surface area contributed by atoms with E-state index in [4.69, 9.17) is 5.73 Å². The van der Waals surface area contributed by atoms with Crippen LogP contribution < -0.4 is 5.73 Å². The normalized spacial score (nSPS) is 10.7. The SMILES string of the molecule is NCC(=O)c1ccccc1N=Nc1ccccc1. The molecule has 18 heavy (non-hydrogen) atoms. The zero-order valence-electron chi connectivity index (χ0n) is 9.78. The van der Waals surface area contributed by atoms with Gasteiger partial charge in [-0.2, -0.15) is 5.11 Å². The summed E-state index contributed by atoms with van der Waals surface area (Å²) in [6, 6.07) is 16.4. The lowest BCUT2D eigenvalue weighted by molar-refractivity contribution is 0.100. The number of Topliss-reactive ketones (excluding diaryl/α,β-unsaturated/α-hetero) is 1. The number of nitrogens with zero attached hydrogens (tertiary/aromatic N) is 2. The lowest BCUT2D eigenvalue weighted by Gasteiger charge is -2.01. The summed E-state index contributed by atoms with van der Waals surface area (Å²) in [5.74, 6) is -0.141. The highest BCUT2D eigenvalue weighted by Gasteiger charge is 2.08. The summed E-state index contributed by atoms with van der Waals surface area (Å²) in [5, 5.41) is 8.18. The van der Waals surface area contributed by atoms with Crippen molar-refractivity contribution in [2.45, 2.75) is 0 Å². The van der Waals surface area contributed by atoms with Crippen molar-refractivity contribution in [3.8, 4) is 0 Å². The summed E-state index contributed by atoms with van der Waals surface area (Å²) < 4.78 is 0. The monoisotopic (exact) mass is 239 g/mol. The minimum Gasteiger partial charge on any atom is -0.324 e. The average molecular weight is 239 g/mol. The number of carbonyl (C=O) groups excluding carboxylic acids is 1. The molecule has 0 fully saturated rings. The quantitative estimate of drug-likeness (QED) is 0.657. The maximum Gasteiger partial charge on any atom is 0.178 e. The average Bonchev–Trinajstić information content (AvgIpc) is 2.45. The van der Waals surface area contributed by atoms with Crippen LogP contribution in [-0.4, -0.2) is 12.3 Å². The van der Waals surface area contributed by atoms with Crippen molar-refractivity contribution in [3.05, 3.63) is 60.2 Å². The van der Waals surface area contributed by atoms with E-state index in [-0.39, 0.29) is 12.3 Å². The molecule has 0 amide bonds. The molecule has 0 atom stereocenters. The first kappa shape index (κ1) is 12.1. The Labute approximate surface area is 105 Å². The summed E-state index contributed by atoms with van der Waals surface area (Å²) in [6.07, 6.45) is 0. The minimum atomic E-state index is -0.141. The standard InChI is InChI=1S/C14H13N3O/c15-10-14(18)12-8-4-5-9-13(12)17-16-11-6-2-1-3-7-11/h1-9H,10,15H2. The zero-order valence-corrected chi connectivity index (χ0v) is 9.78. The topological polar surface area (TPSA) is 67.8 Å². The van der Waals surface area contributed by atoms with Crippen LogP contribution in [0.15, 0.2) is 64.8 Å². The predicted molar refractivity (Wildman–Crippen MR) is 70.4 cm³/mol. The van der Waals surface area contributed by atoms with E-state index >= 15 is 0 Å². The predicted octanol–water partition coefficient (Wildman–Crippen LogP) is 3.24. The molecule has 0 aliphatic heterocycles. The summed E-state index contributed by atoms with van der Waals surface area (Å²) in [5.41, 5.74) is 7.14. The Morgan fingerprint density at radius 1 is 0.944 bits per heavy atom. The molecule has 4 nitrogen and oxygen atoms in total. The molecule has 4 heteroatoms. The molecule has 2 aromatic rings. The van der Waals surface area contributed by atoms with Gasteiger partial charge in [0.2, 0.25) is 0 Å². The van der Waals surface area contributed by atoms with Gasteiger partial charge in [-0.25, -0.2) is 0 Å². The van der Waals surface area contributed by atoms with Crippen LogP contribution in [0.3, 0.4) is 0 Å². The van der Waals surface area contributed by atoms with Gasteiger partial charge >= 0.3 is 0 Å². The highest BCUT2D eigenvalue weighted by Crippen LogP contribution is 2.22. The van der Waals surface area contributed by atoms with E-state index < -0.39 is 0 Å². The first-order valence-electron chi connectivity index (χ1n) is 5.60. The Kier molecular flexibility index (Phi) is 3.94. The molecule has 0 aliphatic rings. The van der Waals surface area contributed by atoms with Gasteiger partial charge in [0, 0.05) is 5.56 Å². The number of hydrogen-bond acceptors (Lipinski definition) is 4. The number of benzene rings is 2. The van der Waals surface area contributed by atoms with E-state index in [1.807, 2.05) is 36.4 Å². The van der Waals surface area contributed by atoms with Crippen LogP contribution in [0.25, 0.3) is 0 Å². The third-order valence-electron chi connectivity index (χ3n) is 2.42. The van der Waals surface area contributed by atoms with E-state index in [0.29, 0.717) is 11.3 Å². The van der Waals surface area contributed by atoms with Gasteiger partial charge in [0.15, 0.2) is 5.78 Å². The second kappa shape index (κ2) is 5.84. The number of carbonyl (C=O) groups is 1. The van der Waals surface area contributed by atoms with Crippen LogP contribution in [0.2, 0.25) is 0 Å². The molecule has 2 rings (SSSR count). The Balaban J connectivity index is 2.29. The van der Waals surface area contributed by atoms with Crippen molar-refractivity contribution in [3.63, 3.8) is 0 Å². The molecular formula is C14H13N3O. The van der Waals surface area contributed by atoms with Gasteiger partial charge in [-0.1, -0.05) is 30.3 Å².